The summed E-state index contributed by atoms with van der Waals surface area (Å²) in [7, 11) is 1.59. The number of pyridine rings is 1. The second-order valence-corrected chi connectivity index (χ2v) is 8.76. The van der Waals surface area contributed by atoms with Gasteiger partial charge in [0.1, 0.15) is 17.0 Å². The summed E-state index contributed by atoms with van der Waals surface area (Å²) in [5.74, 6) is 0.432. The maximum absolute atomic E-state index is 13.8. The minimum atomic E-state index is -0.180. The predicted molar refractivity (Wildman–Crippen MR) is 123 cm³/mol. The Kier molecular flexibility index (Phi) is 5.93. The maximum atomic E-state index is 13.8. The number of amides is 1. The topological polar surface area (TPSA) is 73.1 Å². The third-order valence-electron chi connectivity index (χ3n) is 4.80. The highest BCUT2D eigenvalue weighted by Gasteiger charge is 2.27. The Labute approximate surface area is 189 Å². The smallest absolute Gasteiger partial charge is 0.278 e. The van der Waals surface area contributed by atoms with Gasteiger partial charge < -0.3 is 4.74 Å². The van der Waals surface area contributed by atoms with E-state index in [9.17, 15) is 4.79 Å². The van der Waals surface area contributed by atoms with Crippen LogP contribution in [0, 0.1) is 6.92 Å². The van der Waals surface area contributed by atoms with Gasteiger partial charge in [-0.25, -0.2) is 4.98 Å². The molecule has 0 bridgehead atoms. The lowest BCUT2D eigenvalue weighted by Crippen LogP contribution is -2.32. The quantitative estimate of drug-likeness (QED) is 0.395. The van der Waals surface area contributed by atoms with Gasteiger partial charge in [0.05, 0.1) is 29.1 Å². The molecular weight excluding hydrogens is 434 g/mol. The molecule has 4 aromatic rings. The summed E-state index contributed by atoms with van der Waals surface area (Å²) in [6.07, 6.45) is 3.41. The molecule has 0 aliphatic rings. The number of halogens is 1. The van der Waals surface area contributed by atoms with Crippen molar-refractivity contribution < 1.29 is 9.53 Å². The molecule has 9 heteroatoms. The van der Waals surface area contributed by atoms with E-state index in [1.807, 2.05) is 39.0 Å². The second-order valence-electron chi connectivity index (χ2n) is 7.38. The van der Waals surface area contributed by atoms with Gasteiger partial charge in [-0.2, -0.15) is 5.10 Å². The van der Waals surface area contributed by atoms with Crippen molar-refractivity contribution in [2.45, 2.75) is 33.4 Å². The molecule has 160 valence electrons. The normalized spacial score (nSPS) is 11.3. The number of anilines is 1. The molecule has 0 unspecified atom stereocenters. The van der Waals surface area contributed by atoms with Crippen molar-refractivity contribution >= 4 is 44.2 Å². The summed E-state index contributed by atoms with van der Waals surface area (Å²) >= 11 is 7.78. The Balaban J connectivity index is 1.85. The molecule has 0 saturated heterocycles. The number of methoxy groups -OCH3 is 1. The number of rotatable bonds is 6. The molecule has 1 amide bonds. The maximum Gasteiger partial charge on any atom is 0.278 e. The Morgan fingerprint density at radius 2 is 2.00 bits per heavy atom. The standard InChI is InChI=1S/C22H22ClN5O2S/c1-13(2)28-17(11-14(3)26-28)21(29)27(12-15-7-9-24-10-8-15)22-25-19-18(30-4)6-5-16(23)20(19)31-22/h5-11,13H,12H2,1-4H3. The highest BCUT2D eigenvalue weighted by atomic mass is 35.5. The van der Waals surface area contributed by atoms with Gasteiger partial charge in [-0.1, -0.05) is 22.9 Å². The lowest BCUT2D eigenvalue weighted by atomic mass is 10.2. The van der Waals surface area contributed by atoms with Crippen LogP contribution >= 0.6 is 22.9 Å². The van der Waals surface area contributed by atoms with Crippen LogP contribution in [0.15, 0.2) is 42.7 Å². The van der Waals surface area contributed by atoms with Crippen LogP contribution in [0.5, 0.6) is 5.75 Å². The van der Waals surface area contributed by atoms with Crippen LogP contribution in [0.4, 0.5) is 5.13 Å². The molecule has 0 spiro atoms. The number of hydrogen-bond donors (Lipinski definition) is 0. The molecule has 3 heterocycles. The predicted octanol–water partition coefficient (Wildman–Crippen LogP) is 5.29. The van der Waals surface area contributed by atoms with Crippen molar-refractivity contribution in [3.63, 3.8) is 0 Å². The number of benzene rings is 1. The molecule has 7 nitrogen and oxygen atoms in total. The van der Waals surface area contributed by atoms with Gasteiger partial charge in [-0.15, -0.1) is 0 Å². The molecule has 0 N–H and O–H groups in total. The van der Waals surface area contributed by atoms with E-state index in [2.05, 4.69) is 10.1 Å². The molecule has 31 heavy (non-hydrogen) atoms. The van der Waals surface area contributed by atoms with Crippen LogP contribution in [0.3, 0.4) is 0 Å². The van der Waals surface area contributed by atoms with Gasteiger partial charge in [0.15, 0.2) is 5.13 Å². The largest absolute Gasteiger partial charge is 0.494 e. The molecule has 1 aromatic carbocycles. The van der Waals surface area contributed by atoms with Gasteiger partial charge in [-0.05, 0) is 56.7 Å². The molecule has 0 saturated carbocycles. The number of hydrogen-bond acceptors (Lipinski definition) is 6. The zero-order valence-corrected chi connectivity index (χ0v) is 19.2. The third-order valence-corrected chi connectivity index (χ3v) is 6.34. The van der Waals surface area contributed by atoms with E-state index in [-0.39, 0.29) is 11.9 Å². The van der Waals surface area contributed by atoms with Crippen molar-refractivity contribution in [3.05, 3.63) is 64.7 Å². The zero-order chi connectivity index (χ0) is 22.1. The third kappa shape index (κ3) is 4.13. The summed E-state index contributed by atoms with van der Waals surface area (Å²) in [4.78, 5) is 24.2. The van der Waals surface area contributed by atoms with Crippen molar-refractivity contribution in [1.29, 1.82) is 0 Å². The number of fused-ring (bicyclic) bond motifs is 1. The minimum absolute atomic E-state index is 0.0420. The fourth-order valence-corrected chi connectivity index (χ4v) is 4.58. The molecule has 0 aliphatic heterocycles. The lowest BCUT2D eigenvalue weighted by molar-refractivity contribution is 0.0973. The Morgan fingerprint density at radius 1 is 1.26 bits per heavy atom. The average Bonchev–Trinajstić information content (AvgIpc) is 3.37. The average molecular weight is 456 g/mol. The van der Waals surface area contributed by atoms with Crippen LogP contribution in [-0.2, 0) is 6.54 Å². The highest BCUT2D eigenvalue weighted by molar-refractivity contribution is 7.23. The number of ether oxygens (including phenoxy) is 1. The number of nitrogens with zero attached hydrogens (tertiary/aromatic N) is 5. The van der Waals surface area contributed by atoms with E-state index in [0.29, 0.717) is 33.7 Å². The Morgan fingerprint density at radius 3 is 2.68 bits per heavy atom. The summed E-state index contributed by atoms with van der Waals surface area (Å²) < 4.78 is 7.98. The van der Waals surface area contributed by atoms with E-state index in [1.165, 1.54) is 11.3 Å². The van der Waals surface area contributed by atoms with Gasteiger partial charge in [0.2, 0.25) is 0 Å². The number of carbonyl (C=O) groups excluding carboxylic acids is 1. The number of aromatic nitrogens is 4. The summed E-state index contributed by atoms with van der Waals surface area (Å²) in [5.41, 5.74) is 2.87. The summed E-state index contributed by atoms with van der Waals surface area (Å²) in [6, 6.07) is 9.17. The molecule has 0 fully saturated rings. The Bertz CT molecular complexity index is 1240. The first kappa shape index (κ1) is 21.3. The van der Waals surface area contributed by atoms with Gasteiger partial charge in [0, 0.05) is 18.4 Å². The first-order valence-electron chi connectivity index (χ1n) is 9.79. The van der Waals surface area contributed by atoms with E-state index in [1.54, 1.807) is 41.2 Å². The fourth-order valence-electron chi connectivity index (χ4n) is 3.33. The first-order chi connectivity index (χ1) is 14.9. The number of aryl methyl sites for hydroxylation is 1. The van der Waals surface area contributed by atoms with E-state index in [0.717, 1.165) is 16.0 Å². The van der Waals surface area contributed by atoms with Crippen molar-refractivity contribution in [3.8, 4) is 5.75 Å². The monoisotopic (exact) mass is 455 g/mol. The van der Waals surface area contributed by atoms with E-state index in [4.69, 9.17) is 21.3 Å². The van der Waals surface area contributed by atoms with Crippen LogP contribution in [0.2, 0.25) is 5.02 Å². The molecule has 0 radical (unpaired) electrons. The van der Waals surface area contributed by atoms with Crippen LogP contribution in [0.1, 0.15) is 41.6 Å². The van der Waals surface area contributed by atoms with Crippen LogP contribution in [-0.4, -0.2) is 32.8 Å². The van der Waals surface area contributed by atoms with Crippen LogP contribution in [0.25, 0.3) is 10.2 Å². The van der Waals surface area contributed by atoms with Gasteiger partial charge in [0.25, 0.3) is 5.91 Å². The van der Waals surface area contributed by atoms with E-state index < -0.39 is 0 Å². The molecular formula is C22H22ClN5O2S. The fraction of sp³-hybridized carbons (Fsp3) is 0.273. The number of carbonyl (C=O) groups is 1. The van der Waals surface area contributed by atoms with Crippen molar-refractivity contribution in [2.24, 2.45) is 0 Å². The van der Waals surface area contributed by atoms with Gasteiger partial charge >= 0.3 is 0 Å². The molecule has 0 atom stereocenters. The van der Waals surface area contributed by atoms with E-state index >= 15 is 0 Å². The van der Waals surface area contributed by atoms with Gasteiger partial charge in [-0.3, -0.25) is 19.4 Å². The highest BCUT2D eigenvalue weighted by Crippen LogP contribution is 2.39. The molecule has 0 aliphatic carbocycles. The number of thiazole rings is 1. The first-order valence-corrected chi connectivity index (χ1v) is 11.0. The Hall–Kier alpha value is -2.97. The van der Waals surface area contributed by atoms with Crippen molar-refractivity contribution in [2.75, 3.05) is 12.0 Å². The molecule has 4 rings (SSSR count). The van der Waals surface area contributed by atoms with Crippen LogP contribution < -0.4 is 9.64 Å². The second kappa shape index (κ2) is 8.64. The molecule has 3 aromatic heterocycles. The lowest BCUT2D eigenvalue weighted by Gasteiger charge is -2.21. The summed E-state index contributed by atoms with van der Waals surface area (Å²) in [6.45, 7) is 6.21. The SMILES string of the molecule is COc1ccc(Cl)c2sc(N(Cc3ccncc3)C(=O)c3cc(C)nn3C(C)C)nc12. The summed E-state index contributed by atoms with van der Waals surface area (Å²) in [5, 5.41) is 5.61. The zero-order valence-electron chi connectivity index (χ0n) is 17.7. The minimum Gasteiger partial charge on any atom is -0.494 e. The van der Waals surface area contributed by atoms with Crippen molar-refractivity contribution in [1.82, 2.24) is 19.7 Å².